The van der Waals surface area contributed by atoms with Crippen molar-refractivity contribution in [3.05, 3.63) is 42.5 Å². The molecule has 0 atom stereocenters. The number of benzene rings is 1. The number of rotatable bonds is 7. The molecule has 0 unspecified atom stereocenters. The Labute approximate surface area is 124 Å². The fourth-order valence-electron chi connectivity index (χ4n) is 1.81. The van der Waals surface area contributed by atoms with Crippen LogP contribution in [-0.4, -0.2) is 13.1 Å². The number of allylic oxidation sites excluding steroid dienone is 1. The van der Waals surface area contributed by atoms with Gasteiger partial charge in [-0.3, -0.25) is 0 Å². The van der Waals surface area contributed by atoms with Crippen molar-refractivity contribution in [2.45, 2.75) is 46.5 Å². The summed E-state index contributed by atoms with van der Waals surface area (Å²) >= 11 is 0. The first kappa shape index (κ1) is 18.2. The Morgan fingerprint density at radius 1 is 1.10 bits per heavy atom. The lowest BCUT2D eigenvalue weighted by Crippen LogP contribution is -2.25. The highest BCUT2D eigenvalue weighted by Gasteiger charge is 2.05. The average molecular weight is 272 g/mol. The van der Waals surface area contributed by atoms with E-state index in [2.05, 4.69) is 43.5 Å². The highest BCUT2D eigenvalue weighted by Crippen LogP contribution is 2.16. The number of nitriles is 1. The highest BCUT2D eigenvalue weighted by molar-refractivity contribution is 5.49. The zero-order valence-electron chi connectivity index (χ0n) is 13.2. The standard InChI is InChI=1S/C15H22N2.C3H6/c1-3-5-11-17(12-6-4-2)15-9-7-14(13-16)8-10-15;1-3-2/h7-10H,3-6,11-12H2,1-2H3;3H,1H2,2H3. The first-order valence-electron chi connectivity index (χ1n) is 7.55. The average Bonchev–Trinajstić information content (AvgIpc) is 2.48. The monoisotopic (exact) mass is 272 g/mol. The Hall–Kier alpha value is -1.75. The molecule has 0 spiro atoms. The fraction of sp³-hybridized carbons (Fsp3) is 0.500. The van der Waals surface area contributed by atoms with E-state index < -0.39 is 0 Å². The fourth-order valence-corrected chi connectivity index (χ4v) is 1.81. The van der Waals surface area contributed by atoms with Crippen molar-refractivity contribution in [3.63, 3.8) is 0 Å². The minimum absolute atomic E-state index is 0.736. The molecule has 0 heterocycles. The zero-order chi connectivity index (χ0) is 15.2. The van der Waals surface area contributed by atoms with Crippen molar-refractivity contribution in [1.29, 1.82) is 5.26 Å². The Morgan fingerprint density at radius 2 is 1.55 bits per heavy atom. The number of anilines is 1. The lowest BCUT2D eigenvalue weighted by molar-refractivity contribution is 0.678. The molecule has 0 fully saturated rings. The van der Waals surface area contributed by atoms with E-state index in [-0.39, 0.29) is 0 Å². The molecule has 2 nitrogen and oxygen atoms in total. The lowest BCUT2D eigenvalue weighted by atomic mass is 10.2. The van der Waals surface area contributed by atoms with Crippen LogP contribution in [0.1, 0.15) is 52.0 Å². The smallest absolute Gasteiger partial charge is 0.0991 e. The molecule has 0 aliphatic carbocycles. The van der Waals surface area contributed by atoms with Crippen molar-refractivity contribution in [2.75, 3.05) is 18.0 Å². The van der Waals surface area contributed by atoms with Gasteiger partial charge in [-0.15, -0.1) is 6.58 Å². The molecule has 0 saturated carbocycles. The van der Waals surface area contributed by atoms with Crippen LogP contribution < -0.4 is 4.90 Å². The van der Waals surface area contributed by atoms with Crippen molar-refractivity contribution in [1.82, 2.24) is 0 Å². The molecule has 0 radical (unpaired) electrons. The second-order valence-corrected chi connectivity index (χ2v) is 4.76. The molecule has 0 saturated heterocycles. The molecular formula is C18H28N2. The summed E-state index contributed by atoms with van der Waals surface area (Å²) in [6.07, 6.45) is 6.64. The van der Waals surface area contributed by atoms with Crippen molar-refractivity contribution in [2.24, 2.45) is 0 Å². The van der Waals surface area contributed by atoms with Gasteiger partial charge in [0.15, 0.2) is 0 Å². The molecule has 0 aromatic heterocycles. The summed E-state index contributed by atoms with van der Waals surface area (Å²) in [6, 6.07) is 10.1. The van der Waals surface area contributed by atoms with Crippen LogP contribution in [0.4, 0.5) is 5.69 Å². The third-order valence-electron chi connectivity index (χ3n) is 2.92. The van der Waals surface area contributed by atoms with Gasteiger partial charge in [-0.05, 0) is 44.0 Å². The molecule has 0 N–H and O–H groups in total. The van der Waals surface area contributed by atoms with Gasteiger partial charge in [-0.2, -0.15) is 5.26 Å². The quantitative estimate of drug-likeness (QED) is 0.641. The topological polar surface area (TPSA) is 27.0 Å². The molecule has 0 aliphatic rings. The van der Waals surface area contributed by atoms with Gasteiger partial charge in [0, 0.05) is 18.8 Å². The van der Waals surface area contributed by atoms with E-state index in [0.717, 1.165) is 18.7 Å². The summed E-state index contributed by atoms with van der Waals surface area (Å²) in [5.41, 5.74) is 1.98. The maximum absolute atomic E-state index is 8.79. The summed E-state index contributed by atoms with van der Waals surface area (Å²) in [5.74, 6) is 0. The van der Waals surface area contributed by atoms with Gasteiger partial charge < -0.3 is 4.90 Å². The highest BCUT2D eigenvalue weighted by atomic mass is 15.1. The van der Waals surface area contributed by atoms with E-state index in [1.807, 2.05) is 19.1 Å². The van der Waals surface area contributed by atoms with Crippen LogP contribution in [0.3, 0.4) is 0 Å². The number of hydrogen-bond donors (Lipinski definition) is 0. The second kappa shape index (κ2) is 12.3. The van der Waals surface area contributed by atoms with E-state index in [1.54, 1.807) is 6.08 Å². The van der Waals surface area contributed by atoms with Crippen LogP contribution in [0, 0.1) is 11.3 Å². The van der Waals surface area contributed by atoms with E-state index in [0.29, 0.717) is 0 Å². The minimum Gasteiger partial charge on any atom is -0.372 e. The minimum atomic E-state index is 0.736. The van der Waals surface area contributed by atoms with Crippen LogP contribution in [0.25, 0.3) is 0 Å². The summed E-state index contributed by atoms with van der Waals surface area (Å²) in [5, 5.41) is 8.79. The van der Waals surface area contributed by atoms with E-state index in [9.17, 15) is 0 Å². The number of nitrogens with zero attached hydrogens (tertiary/aromatic N) is 2. The molecule has 1 aromatic rings. The maximum atomic E-state index is 8.79. The van der Waals surface area contributed by atoms with Gasteiger partial charge in [-0.25, -0.2) is 0 Å². The van der Waals surface area contributed by atoms with E-state index in [4.69, 9.17) is 5.26 Å². The second-order valence-electron chi connectivity index (χ2n) is 4.76. The number of unbranched alkanes of at least 4 members (excludes halogenated alkanes) is 2. The third kappa shape index (κ3) is 7.63. The van der Waals surface area contributed by atoms with Crippen LogP contribution in [0.15, 0.2) is 36.9 Å². The van der Waals surface area contributed by atoms with Crippen molar-refractivity contribution in [3.8, 4) is 6.07 Å². The first-order valence-corrected chi connectivity index (χ1v) is 7.55. The summed E-state index contributed by atoms with van der Waals surface area (Å²) in [6.45, 7) is 11.9. The molecule has 20 heavy (non-hydrogen) atoms. The molecule has 0 amide bonds. The van der Waals surface area contributed by atoms with Gasteiger partial charge in [-0.1, -0.05) is 32.8 Å². The summed E-state index contributed by atoms with van der Waals surface area (Å²) in [4.78, 5) is 2.42. The van der Waals surface area contributed by atoms with Crippen molar-refractivity contribution < 1.29 is 0 Å². The lowest BCUT2D eigenvalue weighted by Gasteiger charge is -2.24. The Kier molecular flexibility index (Phi) is 11.2. The zero-order valence-corrected chi connectivity index (χ0v) is 13.2. The van der Waals surface area contributed by atoms with Crippen LogP contribution >= 0.6 is 0 Å². The van der Waals surface area contributed by atoms with Crippen molar-refractivity contribution >= 4 is 5.69 Å². The van der Waals surface area contributed by atoms with Gasteiger partial charge in [0.2, 0.25) is 0 Å². The van der Waals surface area contributed by atoms with Crippen LogP contribution in [0.5, 0.6) is 0 Å². The Morgan fingerprint density at radius 3 is 1.90 bits per heavy atom. The Bertz CT molecular complexity index is 379. The van der Waals surface area contributed by atoms with Crippen LogP contribution in [-0.2, 0) is 0 Å². The summed E-state index contributed by atoms with van der Waals surface area (Å²) < 4.78 is 0. The predicted molar refractivity (Wildman–Crippen MR) is 89.1 cm³/mol. The molecule has 1 aromatic carbocycles. The molecule has 2 heteroatoms. The van der Waals surface area contributed by atoms with Crippen LogP contribution in [0.2, 0.25) is 0 Å². The largest absolute Gasteiger partial charge is 0.372 e. The van der Waals surface area contributed by atoms with Gasteiger partial charge in [0.25, 0.3) is 0 Å². The van der Waals surface area contributed by atoms with E-state index in [1.165, 1.54) is 31.4 Å². The van der Waals surface area contributed by atoms with Gasteiger partial charge in [0.1, 0.15) is 0 Å². The summed E-state index contributed by atoms with van der Waals surface area (Å²) in [7, 11) is 0. The van der Waals surface area contributed by atoms with Gasteiger partial charge in [0.05, 0.1) is 11.6 Å². The SMILES string of the molecule is C=CC.CCCCN(CCCC)c1ccc(C#N)cc1. The van der Waals surface area contributed by atoms with Gasteiger partial charge >= 0.3 is 0 Å². The Balaban J connectivity index is 0.00000110. The molecular weight excluding hydrogens is 244 g/mol. The molecule has 0 bridgehead atoms. The molecule has 0 aliphatic heterocycles. The normalized spacial score (nSPS) is 9.10. The first-order chi connectivity index (χ1) is 9.73. The van der Waals surface area contributed by atoms with E-state index >= 15 is 0 Å². The molecule has 1 rings (SSSR count). The third-order valence-corrected chi connectivity index (χ3v) is 2.92. The molecule has 110 valence electrons. The predicted octanol–water partition coefficient (Wildman–Crippen LogP) is 5.16. The maximum Gasteiger partial charge on any atom is 0.0991 e. The number of hydrogen-bond acceptors (Lipinski definition) is 2.